The summed E-state index contributed by atoms with van der Waals surface area (Å²) in [6, 6.07) is 13.5. The molecular weight excluding hydrogens is 499 g/mol. The summed E-state index contributed by atoms with van der Waals surface area (Å²) < 4.78 is 31.5. The monoisotopic (exact) mass is 538 g/mol. The molecule has 2 N–H and O–H groups in total. The third-order valence-corrected chi connectivity index (χ3v) is 7.91. The van der Waals surface area contributed by atoms with Crippen molar-refractivity contribution in [3.05, 3.63) is 65.2 Å². The molecule has 0 saturated carbocycles. The van der Waals surface area contributed by atoms with Gasteiger partial charge in [-0.2, -0.15) is 5.21 Å². The predicted molar refractivity (Wildman–Crippen MR) is 147 cm³/mol. The molecule has 10 heteroatoms. The Balaban J connectivity index is 1.27. The van der Waals surface area contributed by atoms with Crippen molar-refractivity contribution in [2.45, 2.75) is 63.2 Å². The van der Waals surface area contributed by atoms with Gasteiger partial charge in [-0.05, 0) is 61.1 Å². The fourth-order valence-corrected chi connectivity index (χ4v) is 5.77. The molecule has 0 aliphatic carbocycles. The van der Waals surface area contributed by atoms with Crippen LogP contribution in [0.5, 0.6) is 5.75 Å². The van der Waals surface area contributed by atoms with E-state index >= 15 is 0 Å². The van der Waals surface area contributed by atoms with Crippen LogP contribution in [0.15, 0.2) is 42.5 Å². The third-order valence-electron chi connectivity index (χ3n) is 7.91. The summed E-state index contributed by atoms with van der Waals surface area (Å²) in [6.45, 7) is 6.58. The van der Waals surface area contributed by atoms with Crippen molar-refractivity contribution >= 4 is 5.69 Å². The number of nitrogens with zero attached hydrogens (tertiary/aromatic N) is 4. The van der Waals surface area contributed by atoms with E-state index < -0.39 is 0 Å². The number of hydrogen-bond acceptors (Lipinski definition) is 8. The molecule has 9 nitrogen and oxygen atoms in total. The summed E-state index contributed by atoms with van der Waals surface area (Å²) in [5, 5.41) is 18.4. The number of benzene rings is 2. The van der Waals surface area contributed by atoms with Gasteiger partial charge in [-0.25, -0.2) is 4.39 Å². The molecule has 39 heavy (non-hydrogen) atoms. The van der Waals surface area contributed by atoms with Crippen molar-refractivity contribution in [1.29, 1.82) is 0 Å². The van der Waals surface area contributed by atoms with Gasteiger partial charge in [-0.15, -0.1) is 10.2 Å². The summed E-state index contributed by atoms with van der Waals surface area (Å²) in [7, 11) is 1.74. The van der Waals surface area contributed by atoms with Crippen LogP contribution in [0.1, 0.15) is 61.4 Å². The van der Waals surface area contributed by atoms with E-state index in [-0.39, 0.29) is 29.8 Å². The number of H-pyrrole nitrogens is 1. The van der Waals surface area contributed by atoms with Crippen LogP contribution in [0.3, 0.4) is 0 Å². The zero-order valence-corrected chi connectivity index (χ0v) is 22.8. The highest BCUT2D eigenvalue weighted by Gasteiger charge is 2.34. The molecule has 210 valence electrons. The highest BCUT2D eigenvalue weighted by atomic mass is 19.1. The number of tetrazole rings is 1. The lowest BCUT2D eigenvalue weighted by molar-refractivity contribution is 0.00165. The molecule has 1 unspecified atom stereocenters. The number of aromatic amines is 1. The number of ether oxygens (including phenoxy) is 3. The summed E-state index contributed by atoms with van der Waals surface area (Å²) in [5.41, 5.74) is 3.32. The molecule has 2 aliphatic heterocycles. The van der Waals surface area contributed by atoms with Crippen LogP contribution in [0.2, 0.25) is 0 Å². The van der Waals surface area contributed by atoms with E-state index in [1.807, 2.05) is 18.2 Å². The number of rotatable bonds is 12. The highest BCUT2D eigenvalue weighted by Crippen LogP contribution is 2.36. The Labute approximate surface area is 229 Å². The van der Waals surface area contributed by atoms with E-state index in [0.717, 1.165) is 73.8 Å². The van der Waals surface area contributed by atoms with Gasteiger partial charge < -0.3 is 24.4 Å². The molecule has 0 radical (unpaired) electrons. The number of methoxy groups -OCH3 is 1. The Hall–Kier alpha value is -3.08. The minimum atomic E-state index is -0.226. The fraction of sp³-hybridized carbons (Fsp3) is 0.552. The van der Waals surface area contributed by atoms with Crippen LogP contribution in [0.25, 0.3) is 0 Å². The topological polar surface area (TPSA) is 97.4 Å². The standard InChI is InChI=1S/C29H39FN6O3/c1-3-21(29-32-34-35-33-29)16-24-17-25(22-6-8-23(30)9-7-22)28(18-31-24)39-19-20-5-10-27-26(15-20)36(12-14-38-27)11-4-13-37-2/h5-10,15,21,24-25,28,31H,3-4,11-14,16-19H2,1-2H3,(H,32,33,34,35)/t21?,24-,25+,28-/m0/s1. The number of nitrogens with one attached hydrogen (secondary N) is 2. The first-order chi connectivity index (χ1) is 19.1. The van der Waals surface area contributed by atoms with Gasteiger partial charge in [0, 0.05) is 44.7 Å². The molecule has 1 aromatic heterocycles. The second-order valence-corrected chi connectivity index (χ2v) is 10.4. The van der Waals surface area contributed by atoms with Gasteiger partial charge in [0.1, 0.15) is 18.2 Å². The molecule has 2 aliphatic rings. The average molecular weight is 539 g/mol. The number of fused-ring (bicyclic) bond motifs is 1. The first-order valence-electron chi connectivity index (χ1n) is 14.0. The first-order valence-corrected chi connectivity index (χ1v) is 14.0. The van der Waals surface area contributed by atoms with Crippen LogP contribution in [-0.2, 0) is 16.1 Å². The van der Waals surface area contributed by atoms with E-state index in [1.54, 1.807) is 19.2 Å². The van der Waals surface area contributed by atoms with Crippen LogP contribution in [-0.4, -0.2) is 72.7 Å². The molecule has 5 rings (SSSR count). The number of anilines is 1. The zero-order chi connectivity index (χ0) is 27.0. The SMILES string of the molecule is CCC(C[C@H]1C[C@H](c2ccc(F)cc2)[C@@H](OCc2ccc3c(c2)N(CCCOC)CCO3)CN1)c1nn[nH]n1. The van der Waals surface area contributed by atoms with Gasteiger partial charge in [0.05, 0.1) is 24.9 Å². The van der Waals surface area contributed by atoms with Gasteiger partial charge in [0.25, 0.3) is 0 Å². The second kappa shape index (κ2) is 13.3. The smallest absolute Gasteiger partial charge is 0.177 e. The van der Waals surface area contributed by atoms with Gasteiger partial charge in [0.15, 0.2) is 5.82 Å². The fourth-order valence-electron chi connectivity index (χ4n) is 5.77. The number of halogens is 1. The summed E-state index contributed by atoms with van der Waals surface area (Å²) in [6.07, 6.45) is 3.65. The molecule has 3 heterocycles. The van der Waals surface area contributed by atoms with Crippen molar-refractivity contribution in [3.8, 4) is 5.75 Å². The lowest BCUT2D eigenvalue weighted by Gasteiger charge is -2.38. The molecule has 1 saturated heterocycles. The van der Waals surface area contributed by atoms with E-state index in [2.05, 4.69) is 49.9 Å². The summed E-state index contributed by atoms with van der Waals surface area (Å²) in [5.74, 6) is 1.81. The summed E-state index contributed by atoms with van der Waals surface area (Å²) >= 11 is 0. The second-order valence-electron chi connectivity index (χ2n) is 10.4. The van der Waals surface area contributed by atoms with Crippen molar-refractivity contribution in [2.24, 2.45) is 0 Å². The van der Waals surface area contributed by atoms with Crippen LogP contribution >= 0.6 is 0 Å². The quantitative estimate of drug-likeness (QED) is 0.332. The number of hydrogen-bond donors (Lipinski definition) is 2. The van der Waals surface area contributed by atoms with Gasteiger partial charge in [0.2, 0.25) is 0 Å². The molecule has 1 fully saturated rings. The van der Waals surface area contributed by atoms with Gasteiger partial charge in [-0.3, -0.25) is 0 Å². The molecule has 0 amide bonds. The van der Waals surface area contributed by atoms with Crippen molar-refractivity contribution in [1.82, 2.24) is 25.9 Å². The molecular formula is C29H39FN6O3. The van der Waals surface area contributed by atoms with Crippen molar-refractivity contribution < 1.29 is 18.6 Å². The Kier molecular flexibility index (Phi) is 9.39. The Morgan fingerprint density at radius 2 is 2.08 bits per heavy atom. The van der Waals surface area contributed by atoms with E-state index in [9.17, 15) is 4.39 Å². The lowest BCUT2D eigenvalue weighted by atomic mass is 9.81. The normalized spacial score (nSPS) is 21.8. The molecule has 4 atom stereocenters. The Morgan fingerprint density at radius 3 is 2.85 bits per heavy atom. The maximum atomic E-state index is 13.8. The molecule has 2 aromatic carbocycles. The average Bonchev–Trinajstić information content (AvgIpc) is 3.51. The third kappa shape index (κ3) is 6.93. The first kappa shape index (κ1) is 27.5. The minimum absolute atomic E-state index is 0.0398. The Bertz CT molecular complexity index is 1160. The highest BCUT2D eigenvalue weighted by molar-refractivity contribution is 5.61. The Morgan fingerprint density at radius 1 is 1.21 bits per heavy atom. The van der Waals surface area contributed by atoms with Crippen LogP contribution in [0.4, 0.5) is 10.1 Å². The van der Waals surface area contributed by atoms with E-state index in [0.29, 0.717) is 19.8 Å². The van der Waals surface area contributed by atoms with Gasteiger partial charge in [-0.1, -0.05) is 30.3 Å². The van der Waals surface area contributed by atoms with Crippen molar-refractivity contribution in [3.63, 3.8) is 0 Å². The molecule has 0 bridgehead atoms. The zero-order valence-electron chi connectivity index (χ0n) is 22.8. The van der Waals surface area contributed by atoms with Crippen LogP contribution in [0, 0.1) is 5.82 Å². The number of piperidine rings is 1. The van der Waals surface area contributed by atoms with E-state index in [1.165, 1.54) is 0 Å². The lowest BCUT2D eigenvalue weighted by Crippen LogP contribution is -2.47. The maximum Gasteiger partial charge on any atom is 0.177 e. The van der Waals surface area contributed by atoms with E-state index in [4.69, 9.17) is 14.2 Å². The largest absolute Gasteiger partial charge is 0.490 e. The van der Waals surface area contributed by atoms with Crippen molar-refractivity contribution in [2.75, 3.05) is 44.9 Å². The predicted octanol–water partition coefficient (Wildman–Crippen LogP) is 4.19. The van der Waals surface area contributed by atoms with Gasteiger partial charge >= 0.3 is 0 Å². The molecule has 0 spiro atoms. The summed E-state index contributed by atoms with van der Waals surface area (Å²) in [4.78, 5) is 2.36. The van der Waals surface area contributed by atoms with Crippen LogP contribution < -0.4 is 15.0 Å². The maximum absolute atomic E-state index is 13.8. The molecule has 3 aromatic rings. The minimum Gasteiger partial charge on any atom is -0.490 e. The number of aromatic nitrogens is 4.